The average molecular weight is 431 g/mol. The lowest BCUT2D eigenvalue weighted by Gasteiger charge is -2.16. The number of hydrogen-bond acceptors (Lipinski definition) is 5. The van der Waals surface area contributed by atoms with Crippen molar-refractivity contribution in [3.05, 3.63) is 88.5 Å². The summed E-state index contributed by atoms with van der Waals surface area (Å²) in [5.41, 5.74) is 4.84. The van der Waals surface area contributed by atoms with Gasteiger partial charge >= 0.3 is 0 Å². The highest BCUT2D eigenvalue weighted by atomic mass is 16.5. The summed E-state index contributed by atoms with van der Waals surface area (Å²) in [6, 6.07) is 16.3. The molecule has 2 aromatic carbocycles. The van der Waals surface area contributed by atoms with E-state index in [9.17, 15) is 4.79 Å². The van der Waals surface area contributed by atoms with E-state index >= 15 is 0 Å². The monoisotopic (exact) mass is 430 g/mol. The van der Waals surface area contributed by atoms with Gasteiger partial charge in [-0.3, -0.25) is 9.69 Å². The van der Waals surface area contributed by atoms with Crippen LogP contribution < -0.4 is 10.1 Å². The standard InChI is InChI=1S/C26H30N4O2/c1-18-6-4-8-21(12-18)16-30-11-10-22(17-30)25-27-15-24(19(2)29-25)26(31)28-14-20-7-5-9-23(13-20)32-3/h4-9,12-13,15,22H,10-11,14,16-17H2,1-3H3,(H,28,31). The Hall–Kier alpha value is -3.25. The van der Waals surface area contributed by atoms with Crippen LogP contribution >= 0.6 is 0 Å². The van der Waals surface area contributed by atoms with Gasteiger partial charge in [-0.15, -0.1) is 0 Å². The van der Waals surface area contributed by atoms with Crippen molar-refractivity contribution >= 4 is 5.91 Å². The summed E-state index contributed by atoms with van der Waals surface area (Å²) in [5.74, 6) is 1.74. The van der Waals surface area contributed by atoms with Gasteiger partial charge in [0, 0.05) is 31.7 Å². The maximum absolute atomic E-state index is 12.7. The number of nitrogens with one attached hydrogen (secondary N) is 1. The van der Waals surface area contributed by atoms with Gasteiger partial charge in [0.15, 0.2) is 0 Å². The molecule has 32 heavy (non-hydrogen) atoms. The highest BCUT2D eigenvalue weighted by Crippen LogP contribution is 2.26. The Morgan fingerprint density at radius 1 is 1.16 bits per heavy atom. The summed E-state index contributed by atoms with van der Waals surface area (Å²) in [6.07, 6.45) is 2.70. The number of ether oxygens (including phenoxy) is 1. The van der Waals surface area contributed by atoms with E-state index in [1.807, 2.05) is 31.2 Å². The Morgan fingerprint density at radius 3 is 2.75 bits per heavy atom. The Labute approximate surface area is 189 Å². The number of benzene rings is 2. The number of hydrogen-bond donors (Lipinski definition) is 1. The topological polar surface area (TPSA) is 67.3 Å². The number of aryl methyl sites for hydroxylation is 2. The number of nitrogens with zero attached hydrogens (tertiary/aromatic N) is 3. The van der Waals surface area contributed by atoms with Crippen molar-refractivity contribution in [3.63, 3.8) is 0 Å². The minimum absolute atomic E-state index is 0.163. The molecule has 0 saturated carbocycles. The van der Waals surface area contributed by atoms with Gasteiger partial charge in [-0.05, 0) is 50.1 Å². The molecule has 1 aromatic heterocycles. The minimum atomic E-state index is -0.163. The molecule has 6 nitrogen and oxygen atoms in total. The number of carbonyl (C=O) groups excluding carboxylic acids is 1. The molecule has 0 aliphatic carbocycles. The molecule has 166 valence electrons. The Balaban J connectivity index is 1.36. The average Bonchev–Trinajstić information content (AvgIpc) is 3.26. The molecule has 1 atom stereocenters. The lowest BCUT2D eigenvalue weighted by molar-refractivity contribution is 0.0949. The normalized spacial score (nSPS) is 16.2. The number of carbonyl (C=O) groups is 1. The van der Waals surface area contributed by atoms with E-state index in [4.69, 9.17) is 9.72 Å². The number of methoxy groups -OCH3 is 1. The number of amides is 1. The first-order chi connectivity index (χ1) is 15.5. The van der Waals surface area contributed by atoms with Crippen LogP contribution in [0.25, 0.3) is 0 Å². The number of aromatic nitrogens is 2. The second-order valence-electron chi connectivity index (χ2n) is 8.47. The summed E-state index contributed by atoms with van der Waals surface area (Å²) < 4.78 is 5.24. The summed E-state index contributed by atoms with van der Waals surface area (Å²) >= 11 is 0. The fourth-order valence-electron chi connectivity index (χ4n) is 4.22. The molecule has 1 aliphatic rings. The fourth-order valence-corrected chi connectivity index (χ4v) is 4.22. The molecule has 0 radical (unpaired) electrons. The predicted molar refractivity (Wildman–Crippen MR) is 125 cm³/mol. The van der Waals surface area contributed by atoms with Crippen LogP contribution in [0.5, 0.6) is 5.75 Å². The lowest BCUT2D eigenvalue weighted by Crippen LogP contribution is -2.25. The molecule has 3 aromatic rings. The van der Waals surface area contributed by atoms with Gasteiger partial charge in [-0.2, -0.15) is 0 Å². The Kier molecular flexibility index (Phi) is 6.81. The number of rotatable bonds is 7. The van der Waals surface area contributed by atoms with Crippen LogP contribution in [0.2, 0.25) is 0 Å². The third kappa shape index (κ3) is 5.32. The SMILES string of the molecule is COc1cccc(CNC(=O)c2cnc(C3CCN(Cc4cccc(C)c4)C3)nc2C)c1. The zero-order valence-electron chi connectivity index (χ0n) is 19.0. The highest BCUT2D eigenvalue weighted by molar-refractivity contribution is 5.94. The van der Waals surface area contributed by atoms with Crippen molar-refractivity contribution < 1.29 is 9.53 Å². The maximum atomic E-state index is 12.7. The van der Waals surface area contributed by atoms with Crippen LogP contribution in [0.4, 0.5) is 0 Å². The first-order valence-electron chi connectivity index (χ1n) is 11.0. The summed E-state index contributed by atoms with van der Waals surface area (Å²) in [6.45, 7) is 7.35. The molecule has 2 heterocycles. The van der Waals surface area contributed by atoms with Gasteiger partial charge in [-0.25, -0.2) is 9.97 Å². The van der Waals surface area contributed by atoms with Crippen molar-refractivity contribution in [3.8, 4) is 5.75 Å². The van der Waals surface area contributed by atoms with E-state index in [1.165, 1.54) is 11.1 Å². The molecular weight excluding hydrogens is 400 g/mol. The van der Waals surface area contributed by atoms with Gasteiger partial charge in [0.1, 0.15) is 11.6 Å². The molecule has 1 saturated heterocycles. The predicted octanol–water partition coefficient (Wildman–Crippen LogP) is 4.02. The fraction of sp³-hybridized carbons (Fsp3) is 0.346. The Bertz CT molecular complexity index is 1100. The van der Waals surface area contributed by atoms with Crippen molar-refractivity contribution in [1.82, 2.24) is 20.2 Å². The number of likely N-dealkylation sites (tertiary alicyclic amines) is 1. The molecule has 1 amide bonds. The van der Waals surface area contributed by atoms with Crippen LogP contribution in [0.15, 0.2) is 54.7 Å². The maximum Gasteiger partial charge on any atom is 0.254 e. The highest BCUT2D eigenvalue weighted by Gasteiger charge is 2.26. The second kappa shape index (κ2) is 9.92. The van der Waals surface area contributed by atoms with Crippen LogP contribution in [0.3, 0.4) is 0 Å². The van der Waals surface area contributed by atoms with Gasteiger partial charge in [0.25, 0.3) is 5.91 Å². The first kappa shape index (κ1) is 22.0. The van der Waals surface area contributed by atoms with Gasteiger partial charge in [0.05, 0.1) is 18.4 Å². The van der Waals surface area contributed by atoms with Crippen molar-refractivity contribution in [1.29, 1.82) is 0 Å². The van der Waals surface area contributed by atoms with E-state index in [-0.39, 0.29) is 5.91 Å². The first-order valence-corrected chi connectivity index (χ1v) is 11.0. The smallest absolute Gasteiger partial charge is 0.254 e. The lowest BCUT2D eigenvalue weighted by atomic mass is 10.1. The van der Waals surface area contributed by atoms with Crippen molar-refractivity contribution in [2.24, 2.45) is 0 Å². The van der Waals surface area contributed by atoms with Crippen LogP contribution in [0.1, 0.15) is 50.9 Å². The van der Waals surface area contributed by atoms with E-state index in [0.29, 0.717) is 18.0 Å². The summed E-state index contributed by atoms with van der Waals surface area (Å²) in [5, 5.41) is 2.95. The van der Waals surface area contributed by atoms with Gasteiger partial charge in [0.2, 0.25) is 0 Å². The summed E-state index contributed by atoms with van der Waals surface area (Å²) in [4.78, 5) is 24.4. The van der Waals surface area contributed by atoms with E-state index in [1.54, 1.807) is 13.3 Å². The third-order valence-corrected chi connectivity index (χ3v) is 5.96. The molecule has 0 bridgehead atoms. The van der Waals surface area contributed by atoms with Crippen LogP contribution in [-0.4, -0.2) is 41.0 Å². The van der Waals surface area contributed by atoms with E-state index < -0.39 is 0 Å². The van der Waals surface area contributed by atoms with E-state index in [0.717, 1.165) is 48.9 Å². The quantitative estimate of drug-likeness (QED) is 0.613. The van der Waals surface area contributed by atoms with Gasteiger partial charge < -0.3 is 10.1 Å². The second-order valence-corrected chi connectivity index (χ2v) is 8.47. The largest absolute Gasteiger partial charge is 0.497 e. The zero-order chi connectivity index (χ0) is 22.5. The third-order valence-electron chi connectivity index (χ3n) is 5.96. The zero-order valence-corrected chi connectivity index (χ0v) is 19.0. The molecule has 1 N–H and O–H groups in total. The Morgan fingerprint density at radius 2 is 1.97 bits per heavy atom. The molecule has 1 unspecified atom stereocenters. The molecular formula is C26H30N4O2. The van der Waals surface area contributed by atoms with Crippen molar-refractivity contribution in [2.45, 2.75) is 39.3 Å². The minimum Gasteiger partial charge on any atom is -0.497 e. The molecule has 1 fully saturated rings. The molecule has 4 rings (SSSR count). The van der Waals surface area contributed by atoms with Crippen molar-refractivity contribution in [2.75, 3.05) is 20.2 Å². The molecule has 1 aliphatic heterocycles. The molecule has 6 heteroatoms. The summed E-state index contributed by atoms with van der Waals surface area (Å²) in [7, 11) is 1.63. The van der Waals surface area contributed by atoms with Gasteiger partial charge in [-0.1, -0.05) is 42.0 Å². The van der Waals surface area contributed by atoms with E-state index in [2.05, 4.69) is 46.4 Å². The van der Waals surface area contributed by atoms with Crippen LogP contribution in [-0.2, 0) is 13.1 Å². The molecule has 0 spiro atoms. The van der Waals surface area contributed by atoms with Crippen LogP contribution in [0, 0.1) is 13.8 Å².